The van der Waals surface area contributed by atoms with Gasteiger partial charge in [0.2, 0.25) is 5.91 Å². The lowest BCUT2D eigenvalue weighted by atomic mass is 10.0. The van der Waals surface area contributed by atoms with Crippen LogP contribution in [0.4, 0.5) is 5.69 Å². The van der Waals surface area contributed by atoms with Crippen LogP contribution in [0.1, 0.15) is 30.8 Å². The molecule has 1 rings (SSSR count). The number of rotatable bonds is 5. The van der Waals surface area contributed by atoms with Crippen LogP contribution in [-0.2, 0) is 4.79 Å². The average molecular weight is 264 g/mol. The van der Waals surface area contributed by atoms with Crippen LogP contribution in [0.5, 0.6) is 0 Å². The van der Waals surface area contributed by atoms with E-state index in [-0.39, 0.29) is 17.5 Å². The molecule has 19 heavy (non-hydrogen) atoms. The maximum Gasteiger partial charge on any atom is 0.270 e. The van der Waals surface area contributed by atoms with Crippen molar-refractivity contribution in [3.05, 3.63) is 24.0 Å². The summed E-state index contributed by atoms with van der Waals surface area (Å²) >= 11 is 0. The fourth-order valence-corrected chi connectivity index (χ4v) is 1.65. The molecule has 0 saturated carbocycles. The fourth-order valence-electron chi connectivity index (χ4n) is 1.65. The highest BCUT2D eigenvalue weighted by Gasteiger charge is 2.21. The standard InChI is InChI=1S/C13H20N4O2/c1-8(2)6-11(12(18)15-3)17-13(19)10-5-4-9(14)7-16-10/h4-5,7-8,11H,6,14H2,1-3H3,(H,15,18)(H,17,19). The van der Waals surface area contributed by atoms with Crippen molar-refractivity contribution in [1.82, 2.24) is 15.6 Å². The normalized spacial score (nSPS) is 12.0. The van der Waals surface area contributed by atoms with Gasteiger partial charge in [-0.2, -0.15) is 0 Å². The van der Waals surface area contributed by atoms with Gasteiger partial charge >= 0.3 is 0 Å². The van der Waals surface area contributed by atoms with E-state index in [0.29, 0.717) is 18.0 Å². The van der Waals surface area contributed by atoms with Crippen LogP contribution in [0.25, 0.3) is 0 Å². The van der Waals surface area contributed by atoms with Crippen molar-refractivity contribution in [2.45, 2.75) is 26.3 Å². The Morgan fingerprint density at radius 2 is 2.05 bits per heavy atom. The fraction of sp³-hybridized carbons (Fsp3) is 0.462. The third-order valence-electron chi connectivity index (χ3n) is 2.59. The zero-order valence-electron chi connectivity index (χ0n) is 11.4. The molecule has 0 fully saturated rings. The van der Waals surface area contributed by atoms with Gasteiger partial charge in [0.05, 0.1) is 11.9 Å². The van der Waals surface area contributed by atoms with E-state index in [4.69, 9.17) is 5.73 Å². The molecule has 104 valence electrons. The van der Waals surface area contributed by atoms with E-state index in [1.807, 2.05) is 13.8 Å². The van der Waals surface area contributed by atoms with Crippen molar-refractivity contribution >= 4 is 17.5 Å². The molecular weight excluding hydrogens is 244 g/mol. The SMILES string of the molecule is CNC(=O)C(CC(C)C)NC(=O)c1ccc(N)cn1. The van der Waals surface area contributed by atoms with E-state index < -0.39 is 6.04 Å². The highest BCUT2D eigenvalue weighted by atomic mass is 16.2. The van der Waals surface area contributed by atoms with Crippen molar-refractivity contribution in [2.75, 3.05) is 12.8 Å². The summed E-state index contributed by atoms with van der Waals surface area (Å²) in [4.78, 5) is 27.6. The van der Waals surface area contributed by atoms with Gasteiger partial charge in [-0.05, 0) is 24.5 Å². The Balaban J connectivity index is 2.75. The predicted octanol–water partition coefficient (Wildman–Crippen LogP) is 0.554. The molecule has 1 aromatic heterocycles. The summed E-state index contributed by atoms with van der Waals surface area (Å²) in [6.45, 7) is 3.98. The number of aromatic nitrogens is 1. The number of hydrogen-bond donors (Lipinski definition) is 3. The number of nitrogen functional groups attached to an aromatic ring is 1. The molecule has 1 aromatic rings. The molecule has 0 aromatic carbocycles. The molecule has 0 spiro atoms. The Bertz CT molecular complexity index is 442. The molecule has 0 saturated heterocycles. The zero-order chi connectivity index (χ0) is 14.4. The molecule has 1 heterocycles. The molecule has 0 radical (unpaired) electrons. The lowest BCUT2D eigenvalue weighted by molar-refractivity contribution is -0.122. The van der Waals surface area contributed by atoms with Crippen LogP contribution in [0.2, 0.25) is 0 Å². The molecule has 1 unspecified atom stereocenters. The molecule has 6 heteroatoms. The number of carbonyl (C=O) groups excluding carboxylic acids is 2. The number of carbonyl (C=O) groups is 2. The van der Waals surface area contributed by atoms with Gasteiger partial charge in [-0.15, -0.1) is 0 Å². The summed E-state index contributed by atoms with van der Waals surface area (Å²) in [6.07, 6.45) is 1.98. The topological polar surface area (TPSA) is 97.1 Å². The number of likely N-dealkylation sites (N-methyl/N-ethyl adjacent to an activating group) is 1. The maximum atomic E-state index is 12.0. The second-order valence-corrected chi connectivity index (χ2v) is 4.75. The van der Waals surface area contributed by atoms with E-state index >= 15 is 0 Å². The van der Waals surface area contributed by atoms with Gasteiger partial charge < -0.3 is 16.4 Å². The largest absolute Gasteiger partial charge is 0.397 e. The van der Waals surface area contributed by atoms with Crippen LogP contribution in [0, 0.1) is 5.92 Å². The quantitative estimate of drug-likeness (QED) is 0.723. The second-order valence-electron chi connectivity index (χ2n) is 4.75. The molecular formula is C13H20N4O2. The Labute approximate surface area is 112 Å². The third-order valence-corrected chi connectivity index (χ3v) is 2.59. The van der Waals surface area contributed by atoms with Crippen LogP contribution in [-0.4, -0.2) is 29.9 Å². The number of nitrogens with zero attached hydrogens (tertiary/aromatic N) is 1. The van der Waals surface area contributed by atoms with Crippen LogP contribution < -0.4 is 16.4 Å². The lowest BCUT2D eigenvalue weighted by Gasteiger charge is -2.18. The number of anilines is 1. The number of nitrogens with one attached hydrogen (secondary N) is 2. The molecule has 0 aliphatic rings. The van der Waals surface area contributed by atoms with Gasteiger partial charge in [0.15, 0.2) is 0 Å². The molecule has 0 aliphatic carbocycles. The van der Waals surface area contributed by atoms with Crippen molar-refractivity contribution in [3.63, 3.8) is 0 Å². The zero-order valence-corrected chi connectivity index (χ0v) is 11.4. The first kappa shape index (κ1) is 14.9. The Morgan fingerprint density at radius 1 is 1.37 bits per heavy atom. The van der Waals surface area contributed by atoms with Gasteiger partial charge in [0.25, 0.3) is 5.91 Å². The van der Waals surface area contributed by atoms with Crippen LogP contribution in [0.3, 0.4) is 0 Å². The van der Waals surface area contributed by atoms with Gasteiger partial charge in [0.1, 0.15) is 11.7 Å². The average Bonchev–Trinajstić information content (AvgIpc) is 2.37. The maximum absolute atomic E-state index is 12.0. The Morgan fingerprint density at radius 3 is 2.53 bits per heavy atom. The van der Waals surface area contributed by atoms with Gasteiger partial charge in [-0.1, -0.05) is 13.8 Å². The molecule has 0 aliphatic heterocycles. The molecule has 0 bridgehead atoms. The number of nitrogens with two attached hydrogens (primary N) is 1. The van der Waals surface area contributed by atoms with Crippen LogP contribution >= 0.6 is 0 Å². The van der Waals surface area contributed by atoms with Gasteiger partial charge in [-0.3, -0.25) is 9.59 Å². The predicted molar refractivity (Wildman–Crippen MR) is 73.4 cm³/mol. The summed E-state index contributed by atoms with van der Waals surface area (Å²) in [5, 5.41) is 5.22. The van der Waals surface area contributed by atoms with Crippen molar-refractivity contribution in [1.29, 1.82) is 0 Å². The number of pyridine rings is 1. The highest BCUT2D eigenvalue weighted by molar-refractivity contribution is 5.96. The van der Waals surface area contributed by atoms with Crippen molar-refractivity contribution in [3.8, 4) is 0 Å². The molecule has 4 N–H and O–H groups in total. The summed E-state index contributed by atoms with van der Waals surface area (Å²) in [6, 6.07) is 2.57. The minimum absolute atomic E-state index is 0.211. The van der Waals surface area contributed by atoms with Crippen molar-refractivity contribution in [2.24, 2.45) is 5.92 Å². The second kappa shape index (κ2) is 6.72. The number of hydrogen-bond acceptors (Lipinski definition) is 4. The summed E-state index contributed by atoms with van der Waals surface area (Å²) in [5.74, 6) is -0.297. The third kappa shape index (κ3) is 4.57. The van der Waals surface area contributed by atoms with E-state index in [9.17, 15) is 9.59 Å². The minimum Gasteiger partial charge on any atom is -0.397 e. The first-order valence-electron chi connectivity index (χ1n) is 6.18. The molecule has 1 atom stereocenters. The van der Waals surface area contributed by atoms with E-state index in [0.717, 1.165) is 0 Å². The lowest BCUT2D eigenvalue weighted by Crippen LogP contribution is -2.46. The van der Waals surface area contributed by atoms with Crippen molar-refractivity contribution < 1.29 is 9.59 Å². The summed E-state index contributed by atoms with van der Waals surface area (Å²) in [7, 11) is 1.54. The van der Waals surface area contributed by atoms with E-state index in [2.05, 4.69) is 15.6 Å². The minimum atomic E-state index is -0.558. The smallest absolute Gasteiger partial charge is 0.270 e. The summed E-state index contributed by atoms with van der Waals surface area (Å²) < 4.78 is 0. The Kier molecular flexibility index (Phi) is 5.29. The molecule has 2 amide bonds. The Hall–Kier alpha value is -2.11. The van der Waals surface area contributed by atoms with Crippen LogP contribution in [0.15, 0.2) is 18.3 Å². The monoisotopic (exact) mass is 264 g/mol. The first-order valence-corrected chi connectivity index (χ1v) is 6.18. The highest BCUT2D eigenvalue weighted by Crippen LogP contribution is 2.07. The molecule has 6 nitrogen and oxygen atoms in total. The first-order chi connectivity index (χ1) is 8.93. The van der Waals surface area contributed by atoms with Gasteiger partial charge in [0, 0.05) is 7.05 Å². The van der Waals surface area contributed by atoms with E-state index in [1.165, 1.54) is 12.3 Å². The summed E-state index contributed by atoms with van der Waals surface area (Å²) in [5.41, 5.74) is 6.24. The number of amides is 2. The van der Waals surface area contributed by atoms with Gasteiger partial charge in [-0.25, -0.2) is 4.98 Å². The van der Waals surface area contributed by atoms with E-state index in [1.54, 1.807) is 13.1 Å².